The molecule has 4 aromatic rings. The van der Waals surface area contributed by atoms with Crippen LogP contribution in [0.15, 0.2) is 53.5 Å². The average Bonchev–Trinajstić information content (AvgIpc) is 2.82. The van der Waals surface area contributed by atoms with E-state index in [2.05, 4.69) is 20.3 Å². The molecule has 0 unspecified atom stereocenters. The van der Waals surface area contributed by atoms with Crippen molar-refractivity contribution < 1.29 is 18.0 Å². The molecule has 2 heterocycles. The van der Waals surface area contributed by atoms with Crippen LogP contribution in [0.3, 0.4) is 0 Å². The van der Waals surface area contributed by atoms with Crippen LogP contribution in [-0.2, 0) is 13.2 Å². The zero-order valence-corrected chi connectivity index (χ0v) is 19.3. The Morgan fingerprint density at radius 2 is 1.83 bits per heavy atom. The number of hydrogen-bond donors (Lipinski definition) is 1. The molecule has 1 N–H and O–H groups in total. The fraction of sp³-hybridized carbons (Fsp3) is 0.208. The van der Waals surface area contributed by atoms with Gasteiger partial charge in [-0.15, -0.1) is 0 Å². The number of benzene rings is 2. The summed E-state index contributed by atoms with van der Waals surface area (Å²) in [6.07, 6.45) is -3.04. The number of carbonyl (C=O) groups is 1. The second-order valence-electron chi connectivity index (χ2n) is 8.16. The van der Waals surface area contributed by atoms with E-state index < -0.39 is 23.2 Å². The van der Waals surface area contributed by atoms with Crippen LogP contribution < -0.4 is 15.8 Å². The molecular weight excluding hydrogens is 461 g/mol. The Hall–Kier alpha value is -4.28. The Morgan fingerprint density at radius 3 is 2.51 bits per heavy atom. The van der Waals surface area contributed by atoms with Crippen molar-refractivity contribution in [3.8, 4) is 11.3 Å². The van der Waals surface area contributed by atoms with E-state index >= 15 is 0 Å². The second kappa shape index (κ2) is 8.82. The van der Waals surface area contributed by atoms with E-state index in [1.807, 2.05) is 0 Å². The predicted molar refractivity (Wildman–Crippen MR) is 126 cm³/mol. The molecule has 0 fully saturated rings. The molecule has 0 spiro atoms. The first-order valence-electron chi connectivity index (χ1n) is 10.5. The van der Waals surface area contributed by atoms with Gasteiger partial charge in [0, 0.05) is 38.0 Å². The number of halogens is 3. The van der Waals surface area contributed by atoms with Gasteiger partial charge in [0.25, 0.3) is 11.5 Å². The van der Waals surface area contributed by atoms with Crippen molar-refractivity contribution in [2.24, 2.45) is 7.05 Å². The van der Waals surface area contributed by atoms with Gasteiger partial charge in [-0.25, -0.2) is 9.97 Å². The van der Waals surface area contributed by atoms with Gasteiger partial charge in [-0.3, -0.25) is 14.2 Å². The third kappa shape index (κ3) is 4.70. The highest BCUT2D eigenvalue weighted by Gasteiger charge is 2.31. The van der Waals surface area contributed by atoms with E-state index in [-0.39, 0.29) is 11.3 Å². The number of carbonyl (C=O) groups excluding carboxylic acids is 1. The number of fused-ring (bicyclic) bond motifs is 1. The van der Waals surface area contributed by atoms with Crippen LogP contribution >= 0.6 is 0 Å². The van der Waals surface area contributed by atoms with E-state index in [1.54, 1.807) is 51.2 Å². The van der Waals surface area contributed by atoms with Gasteiger partial charge >= 0.3 is 6.18 Å². The van der Waals surface area contributed by atoms with Crippen molar-refractivity contribution in [2.75, 3.05) is 24.3 Å². The van der Waals surface area contributed by atoms with Crippen molar-refractivity contribution in [1.82, 2.24) is 19.5 Å². The Morgan fingerprint density at radius 1 is 1.09 bits per heavy atom. The predicted octanol–water partition coefficient (Wildman–Crippen LogP) is 4.04. The van der Waals surface area contributed by atoms with Crippen LogP contribution in [0.5, 0.6) is 0 Å². The number of nitrogens with one attached hydrogen (secondary N) is 1. The van der Waals surface area contributed by atoms with Gasteiger partial charge in [0.1, 0.15) is 11.2 Å². The highest BCUT2D eigenvalue weighted by Crippen LogP contribution is 2.30. The molecule has 180 valence electrons. The number of hydrogen-bond acceptors (Lipinski definition) is 6. The zero-order valence-electron chi connectivity index (χ0n) is 19.3. The van der Waals surface area contributed by atoms with Crippen molar-refractivity contribution in [1.29, 1.82) is 0 Å². The Balaban J connectivity index is 1.72. The summed E-state index contributed by atoms with van der Waals surface area (Å²) >= 11 is 0. The molecule has 0 radical (unpaired) electrons. The molecule has 0 aliphatic carbocycles. The van der Waals surface area contributed by atoms with E-state index in [9.17, 15) is 22.8 Å². The maximum absolute atomic E-state index is 13.1. The molecular formula is C24H21F3N6O2. The summed E-state index contributed by atoms with van der Waals surface area (Å²) in [5, 5.41) is 2.59. The molecule has 35 heavy (non-hydrogen) atoms. The first kappa shape index (κ1) is 23.9. The molecule has 0 atom stereocenters. The number of rotatable bonds is 4. The lowest BCUT2D eigenvalue weighted by atomic mass is 10.0. The first-order valence-corrected chi connectivity index (χ1v) is 10.5. The van der Waals surface area contributed by atoms with Crippen LogP contribution in [-0.4, -0.2) is 39.5 Å². The molecule has 1 amide bonds. The van der Waals surface area contributed by atoms with E-state index in [0.717, 1.165) is 17.7 Å². The summed E-state index contributed by atoms with van der Waals surface area (Å²) in [6.45, 7) is 1.78. The van der Waals surface area contributed by atoms with Crippen LogP contribution in [0.25, 0.3) is 22.4 Å². The SMILES string of the molecule is Cc1ccc(NC(=O)c2cccc(C(F)(F)F)c2)cc1-c1nc2cnc(N(C)C)nc2n(C)c1=O. The van der Waals surface area contributed by atoms with Crippen LogP contribution in [0, 0.1) is 6.92 Å². The molecule has 0 aliphatic heterocycles. The monoisotopic (exact) mass is 482 g/mol. The highest BCUT2D eigenvalue weighted by molar-refractivity contribution is 6.04. The molecule has 4 rings (SSSR count). The minimum atomic E-state index is -4.56. The number of alkyl halides is 3. The molecule has 0 saturated heterocycles. The number of aryl methyl sites for hydroxylation is 2. The summed E-state index contributed by atoms with van der Waals surface area (Å²) in [5.41, 5.74) is 0.932. The molecule has 11 heteroatoms. The third-order valence-corrected chi connectivity index (χ3v) is 5.40. The number of nitrogens with zero attached hydrogens (tertiary/aromatic N) is 5. The summed E-state index contributed by atoms with van der Waals surface area (Å²) in [6, 6.07) is 9.00. The minimum Gasteiger partial charge on any atom is -0.347 e. The largest absolute Gasteiger partial charge is 0.416 e. The lowest BCUT2D eigenvalue weighted by Gasteiger charge is -2.14. The van der Waals surface area contributed by atoms with Crippen molar-refractivity contribution in [2.45, 2.75) is 13.1 Å². The van der Waals surface area contributed by atoms with Crippen LogP contribution in [0.4, 0.5) is 24.8 Å². The maximum Gasteiger partial charge on any atom is 0.416 e. The van der Waals surface area contributed by atoms with Gasteiger partial charge in [-0.1, -0.05) is 12.1 Å². The summed E-state index contributed by atoms with van der Waals surface area (Å²) in [5.74, 6) is -0.285. The van der Waals surface area contributed by atoms with E-state index in [4.69, 9.17) is 0 Å². The maximum atomic E-state index is 13.1. The van der Waals surface area contributed by atoms with Crippen LogP contribution in [0.2, 0.25) is 0 Å². The lowest BCUT2D eigenvalue weighted by molar-refractivity contribution is -0.137. The average molecular weight is 482 g/mol. The fourth-order valence-corrected chi connectivity index (χ4v) is 3.49. The molecule has 0 saturated carbocycles. The lowest BCUT2D eigenvalue weighted by Crippen LogP contribution is -2.23. The van der Waals surface area contributed by atoms with Crippen LogP contribution in [0.1, 0.15) is 21.5 Å². The van der Waals surface area contributed by atoms with Gasteiger partial charge in [0.05, 0.1) is 11.8 Å². The zero-order chi connectivity index (χ0) is 25.5. The molecule has 2 aromatic carbocycles. The van der Waals surface area contributed by atoms with Gasteiger partial charge in [0.2, 0.25) is 5.95 Å². The second-order valence-corrected chi connectivity index (χ2v) is 8.16. The minimum absolute atomic E-state index is 0.133. The van der Waals surface area contributed by atoms with Gasteiger partial charge in [-0.05, 0) is 42.8 Å². The number of aromatic nitrogens is 4. The van der Waals surface area contributed by atoms with Gasteiger partial charge in [-0.2, -0.15) is 18.2 Å². The smallest absolute Gasteiger partial charge is 0.347 e. The summed E-state index contributed by atoms with van der Waals surface area (Å²) in [4.78, 5) is 40.6. The Kier molecular flexibility index (Phi) is 6.01. The fourth-order valence-electron chi connectivity index (χ4n) is 3.49. The highest BCUT2D eigenvalue weighted by atomic mass is 19.4. The molecule has 8 nitrogen and oxygen atoms in total. The molecule has 0 bridgehead atoms. The van der Waals surface area contributed by atoms with Crippen molar-refractivity contribution >= 4 is 28.7 Å². The molecule has 0 aliphatic rings. The summed E-state index contributed by atoms with van der Waals surface area (Å²) < 4.78 is 40.4. The number of amides is 1. The quantitative estimate of drug-likeness (QED) is 0.472. The van der Waals surface area contributed by atoms with Gasteiger partial charge < -0.3 is 10.2 Å². The van der Waals surface area contributed by atoms with E-state index in [1.165, 1.54) is 22.9 Å². The normalized spacial score (nSPS) is 11.5. The Bertz CT molecular complexity index is 1510. The van der Waals surface area contributed by atoms with E-state index in [0.29, 0.717) is 28.4 Å². The molecule has 2 aromatic heterocycles. The third-order valence-electron chi connectivity index (χ3n) is 5.40. The Labute approximate surface area is 198 Å². The van der Waals surface area contributed by atoms with Crippen molar-refractivity contribution in [3.05, 3.63) is 75.7 Å². The number of anilines is 2. The first-order chi connectivity index (χ1) is 16.5. The van der Waals surface area contributed by atoms with Gasteiger partial charge in [0.15, 0.2) is 5.65 Å². The topological polar surface area (TPSA) is 93.0 Å². The van der Waals surface area contributed by atoms with Crippen molar-refractivity contribution in [3.63, 3.8) is 0 Å². The summed E-state index contributed by atoms with van der Waals surface area (Å²) in [7, 11) is 5.14. The standard InChI is InChI=1S/C24H21F3N6O2/c1-13-8-9-16(29-21(34)14-6-5-7-15(10-14)24(25,26)27)11-17(13)19-22(35)33(4)20-18(30-19)12-28-23(31-20)32(2)3/h5-12H,1-4H3,(H,29,34).